The van der Waals surface area contributed by atoms with Crippen LogP contribution in [-0.2, 0) is 9.59 Å². The molecular weight excluding hydrogens is 292 g/mol. The zero-order valence-electron chi connectivity index (χ0n) is 13.4. The molecule has 3 rings (SSSR count). The molecule has 23 heavy (non-hydrogen) atoms. The predicted molar refractivity (Wildman–Crippen MR) is 85.6 cm³/mol. The van der Waals surface area contributed by atoms with Crippen LogP contribution < -0.4 is 0 Å². The van der Waals surface area contributed by atoms with Crippen molar-refractivity contribution in [1.29, 1.82) is 0 Å². The summed E-state index contributed by atoms with van der Waals surface area (Å²) in [4.78, 5) is 30.9. The molecule has 1 atom stereocenters. The first-order valence-electron chi connectivity index (χ1n) is 8.34. The number of carbonyl (C=O) groups excluding carboxylic acids is 2. The van der Waals surface area contributed by atoms with Gasteiger partial charge in [-0.2, -0.15) is 0 Å². The van der Waals surface area contributed by atoms with Crippen molar-refractivity contribution in [2.75, 3.05) is 0 Å². The van der Waals surface area contributed by atoms with Crippen LogP contribution in [0.5, 0.6) is 0 Å². The van der Waals surface area contributed by atoms with Gasteiger partial charge in [0.2, 0.25) is 0 Å². The highest BCUT2D eigenvalue weighted by molar-refractivity contribution is 6.08. The number of ketones is 1. The Morgan fingerprint density at radius 3 is 2.70 bits per heavy atom. The molecule has 0 saturated heterocycles. The smallest absolute Gasteiger partial charge is 0.290 e. The maximum absolute atomic E-state index is 12.7. The van der Waals surface area contributed by atoms with Gasteiger partial charge in [-0.25, -0.2) is 0 Å². The number of pyridine rings is 1. The lowest BCUT2D eigenvalue weighted by molar-refractivity contribution is -0.132. The molecule has 1 aromatic heterocycles. The Balaban J connectivity index is 2.05. The Kier molecular flexibility index (Phi) is 4.46. The molecule has 0 aromatic carbocycles. The molecule has 0 bridgehead atoms. The van der Waals surface area contributed by atoms with Crippen LogP contribution in [-0.4, -0.2) is 32.7 Å². The van der Waals surface area contributed by atoms with E-state index in [1.165, 1.54) is 6.42 Å². The van der Waals surface area contributed by atoms with E-state index in [4.69, 9.17) is 0 Å². The van der Waals surface area contributed by atoms with E-state index in [0.29, 0.717) is 0 Å². The molecule has 1 amide bonds. The first-order valence-corrected chi connectivity index (χ1v) is 8.34. The molecule has 1 aromatic rings. The van der Waals surface area contributed by atoms with Crippen molar-refractivity contribution in [1.82, 2.24) is 9.88 Å². The van der Waals surface area contributed by atoms with Crippen LogP contribution in [0.3, 0.4) is 0 Å². The number of carbonyl (C=O) groups is 2. The van der Waals surface area contributed by atoms with E-state index in [0.717, 1.165) is 31.2 Å². The topological polar surface area (TPSA) is 70.5 Å². The molecule has 1 aliphatic heterocycles. The Hall–Kier alpha value is -2.17. The number of Topliss-reactive ketones (excluding diaryl/α,β-unsaturated/α-hetero) is 1. The number of rotatable bonds is 4. The third-order valence-electron chi connectivity index (χ3n) is 4.83. The van der Waals surface area contributed by atoms with Gasteiger partial charge < -0.3 is 10.0 Å². The average molecular weight is 314 g/mol. The molecule has 0 spiro atoms. The lowest BCUT2D eigenvalue weighted by Crippen LogP contribution is -2.41. The summed E-state index contributed by atoms with van der Waals surface area (Å²) in [6, 6.07) is 3.22. The number of amides is 1. The zero-order valence-corrected chi connectivity index (χ0v) is 13.4. The minimum Gasteiger partial charge on any atom is -0.503 e. The van der Waals surface area contributed by atoms with Crippen molar-refractivity contribution in [3.8, 4) is 0 Å². The number of aromatic nitrogens is 1. The Labute approximate surface area is 136 Å². The summed E-state index contributed by atoms with van der Waals surface area (Å²) in [6.45, 7) is 1.75. The SMILES string of the molecule is CCC(=O)C1=C(O)C(=O)N(C2CCCCC2)C1c1cccnc1. The van der Waals surface area contributed by atoms with Gasteiger partial charge in [-0.15, -0.1) is 0 Å². The van der Waals surface area contributed by atoms with Crippen molar-refractivity contribution >= 4 is 11.7 Å². The van der Waals surface area contributed by atoms with Gasteiger partial charge in [0.25, 0.3) is 5.91 Å². The van der Waals surface area contributed by atoms with Crippen LogP contribution in [0.1, 0.15) is 57.1 Å². The largest absolute Gasteiger partial charge is 0.503 e. The fourth-order valence-corrected chi connectivity index (χ4v) is 3.70. The minimum absolute atomic E-state index is 0.0748. The van der Waals surface area contributed by atoms with Gasteiger partial charge in [0.15, 0.2) is 11.5 Å². The number of hydrogen-bond donors (Lipinski definition) is 1. The van der Waals surface area contributed by atoms with E-state index >= 15 is 0 Å². The second kappa shape index (κ2) is 6.52. The molecule has 5 heteroatoms. The van der Waals surface area contributed by atoms with Crippen molar-refractivity contribution in [3.05, 3.63) is 41.4 Å². The third-order valence-corrected chi connectivity index (χ3v) is 4.83. The summed E-state index contributed by atoms with van der Waals surface area (Å²) in [5, 5.41) is 10.3. The molecule has 0 radical (unpaired) electrons. The van der Waals surface area contributed by atoms with Gasteiger partial charge in [-0.1, -0.05) is 32.3 Å². The van der Waals surface area contributed by atoms with Crippen LogP contribution >= 0.6 is 0 Å². The molecule has 2 heterocycles. The van der Waals surface area contributed by atoms with E-state index in [2.05, 4.69) is 4.98 Å². The average Bonchev–Trinajstić information content (AvgIpc) is 2.87. The van der Waals surface area contributed by atoms with Crippen molar-refractivity contribution in [2.45, 2.75) is 57.5 Å². The Bertz CT molecular complexity index is 633. The highest BCUT2D eigenvalue weighted by atomic mass is 16.3. The van der Waals surface area contributed by atoms with Gasteiger partial charge in [0.1, 0.15) is 0 Å². The van der Waals surface area contributed by atoms with E-state index in [-0.39, 0.29) is 29.6 Å². The number of hydrogen-bond acceptors (Lipinski definition) is 4. The second-order valence-electron chi connectivity index (χ2n) is 6.23. The summed E-state index contributed by atoms with van der Waals surface area (Å²) in [7, 11) is 0. The summed E-state index contributed by atoms with van der Waals surface area (Å²) in [5.74, 6) is -0.971. The monoisotopic (exact) mass is 314 g/mol. The van der Waals surface area contributed by atoms with E-state index in [1.807, 2.05) is 6.07 Å². The van der Waals surface area contributed by atoms with Crippen molar-refractivity contribution in [3.63, 3.8) is 0 Å². The highest BCUT2D eigenvalue weighted by Gasteiger charge is 2.46. The molecule has 1 aliphatic carbocycles. The molecule has 1 N–H and O–H groups in total. The van der Waals surface area contributed by atoms with Crippen LogP contribution in [0.25, 0.3) is 0 Å². The molecular formula is C18H22N2O3. The normalized spacial score (nSPS) is 22.7. The Morgan fingerprint density at radius 2 is 2.09 bits per heavy atom. The van der Waals surface area contributed by atoms with Crippen LogP contribution in [0.15, 0.2) is 35.9 Å². The zero-order chi connectivity index (χ0) is 16.4. The van der Waals surface area contributed by atoms with Gasteiger partial charge in [-0.3, -0.25) is 14.6 Å². The maximum Gasteiger partial charge on any atom is 0.290 e. The van der Waals surface area contributed by atoms with Gasteiger partial charge >= 0.3 is 0 Å². The predicted octanol–water partition coefficient (Wildman–Crippen LogP) is 3.09. The minimum atomic E-state index is -0.508. The summed E-state index contributed by atoms with van der Waals surface area (Å²) in [6.07, 6.45) is 8.77. The van der Waals surface area contributed by atoms with Crippen LogP contribution in [0, 0.1) is 0 Å². The molecule has 1 fully saturated rings. The summed E-state index contributed by atoms with van der Waals surface area (Å²) in [5.41, 5.74) is 1.02. The fraction of sp³-hybridized carbons (Fsp3) is 0.500. The molecule has 5 nitrogen and oxygen atoms in total. The Morgan fingerprint density at radius 1 is 1.35 bits per heavy atom. The van der Waals surface area contributed by atoms with Gasteiger partial charge in [0.05, 0.1) is 11.6 Å². The van der Waals surface area contributed by atoms with Crippen LogP contribution in [0.2, 0.25) is 0 Å². The van der Waals surface area contributed by atoms with Gasteiger partial charge in [0, 0.05) is 24.9 Å². The van der Waals surface area contributed by atoms with Crippen molar-refractivity contribution < 1.29 is 14.7 Å². The first kappa shape index (κ1) is 15.7. The summed E-state index contributed by atoms with van der Waals surface area (Å²) < 4.78 is 0. The fourth-order valence-electron chi connectivity index (χ4n) is 3.70. The first-order chi connectivity index (χ1) is 11.1. The second-order valence-corrected chi connectivity index (χ2v) is 6.23. The van der Waals surface area contributed by atoms with Crippen molar-refractivity contribution in [2.24, 2.45) is 0 Å². The lowest BCUT2D eigenvalue weighted by Gasteiger charge is -2.36. The number of nitrogens with zero attached hydrogens (tertiary/aromatic N) is 2. The van der Waals surface area contributed by atoms with E-state index in [9.17, 15) is 14.7 Å². The van der Waals surface area contributed by atoms with E-state index < -0.39 is 11.9 Å². The lowest BCUT2D eigenvalue weighted by atomic mass is 9.90. The van der Waals surface area contributed by atoms with Crippen LogP contribution in [0.4, 0.5) is 0 Å². The maximum atomic E-state index is 12.7. The molecule has 1 saturated carbocycles. The quantitative estimate of drug-likeness (QED) is 0.927. The summed E-state index contributed by atoms with van der Waals surface area (Å²) >= 11 is 0. The third kappa shape index (κ3) is 2.76. The number of aliphatic hydroxyl groups is 1. The number of aliphatic hydroxyl groups excluding tert-OH is 1. The molecule has 2 aliphatic rings. The standard InChI is InChI=1S/C18H22N2O3/c1-2-14(21)15-16(12-7-6-10-19-11-12)20(18(23)17(15)22)13-8-4-3-5-9-13/h6-7,10-11,13,16,22H,2-5,8-9H2,1H3. The van der Waals surface area contributed by atoms with Gasteiger partial charge in [-0.05, 0) is 24.5 Å². The van der Waals surface area contributed by atoms with E-state index in [1.54, 1.807) is 30.3 Å². The highest BCUT2D eigenvalue weighted by Crippen LogP contribution is 2.41. The molecule has 122 valence electrons. The molecule has 1 unspecified atom stereocenters.